The first-order chi connectivity index (χ1) is 25.5. The first-order valence-corrected chi connectivity index (χ1v) is 19.2. The molecule has 276 valence electrons. The summed E-state index contributed by atoms with van der Waals surface area (Å²) in [6, 6.07) is 28.2. The standard InChI is InChI=1S/C45H55NO6/c1-3-5-7-9-10-11-12-13-14-16-34-50-41-29-21-38(22-30-41)45(48)52-43-31-23-39(24-32-43)46-35-36-17-25-42(26-18-36)51-44(47)37-19-27-40(28-20-37)49-33-15-8-6-4-2/h17-32,35H,3-16,33-34H2,1-2H3. The number of aliphatic imine (C=N–C) groups is 1. The Morgan fingerprint density at radius 2 is 0.827 bits per heavy atom. The number of hydrogen-bond acceptors (Lipinski definition) is 7. The molecule has 0 radical (unpaired) electrons. The van der Waals surface area contributed by atoms with Gasteiger partial charge in [0.25, 0.3) is 0 Å². The molecule has 0 heterocycles. The maximum absolute atomic E-state index is 12.7. The van der Waals surface area contributed by atoms with Crippen molar-refractivity contribution in [1.82, 2.24) is 0 Å². The number of carbonyl (C=O) groups excluding carboxylic acids is 2. The third kappa shape index (κ3) is 15.1. The summed E-state index contributed by atoms with van der Waals surface area (Å²) < 4.78 is 22.7. The predicted octanol–water partition coefficient (Wildman–Crippen LogP) is 12.1. The van der Waals surface area contributed by atoms with E-state index < -0.39 is 11.9 Å². The van der Waals surface area contributed by atoms with Gasteiger partial charge in [-0.3, -0.25) is 4.99 Å². The average molecular weight is 706 g/mol. The molecule has 0 amide bonds. The largest absolute Gasteiger partial charge is 0.494 e. The number of rotatable bonds is 24. The van der Waals surface area contributed by atoms with E-state index in [4.69, 9.17) is 18.9 Å². The van der Waals surface area contributed by atoms with Gasteiger partial charge in [-0.25, -0.2) is 9.59 Å². The SMILES string of the molecule is CCCCCCCCCCCCOc1ccc(C(=O)Oc2ccc(N=Cc3ccc(OC(=O)c4ccc(OCCCCCC)cc4)cc3)cc2)cc1. The van der Waals surface area contributed by atoms with Gasteiger partial charge in [-0.1, -0.05) is 90.9 Å². The second kappa shape index (κ2) is 23.5. The molecule has 7 nitrogen and oxygen atoms in total. The molecule has 0 saturated heterocycles. The second-order valence-corrected chi connectivity index (χ2v) is 13.1. The molecule has 0 N–H and O–H groups in total. The van der Waals surface area contributed by atoms with Crippen molar-refractivity contribution in [2.24, 2.45) is 4.99 Å². The first kappa shape index (κ1) is 39.9. The fourth-order valence-electron chi connectivity index (χ4n) is 5.58. The topological polar surface area (TPSA) is 83.4 Å². The van der Waals surface area contributed by atoms with Crippen LogP contribution in [0.4, 0.5) is 5.69 Å². The van der Waals surface area contributed by atoms with Gasteiger partial charge >= 0.3 is 11.9 Å². The van der Waals surface area contributed by atoms with Gasteiger partial charge in [0, 0.05) is 6.21 Å². The van der Waals surface area contributed by atoms with Crippen LogP contribution in [-0.4, -0.2) is 31.4 Å². The maximum atomic E-state index is 12.7. The summed E-state index contributed by atoms with van der Waals surface area (Å²) in [7, 11) is 0. The van der Waals surface area contributed by atoms with Crippen LogP contribution >= 0.6 is 0 Å². The summed E-state index contributed by atoms with van der Waals surface area (Å²) in [4.78, 5) is 29.8. The smallest absolute Gasteiger partial charge is 0.343 e. The Morgan fingerprint density at radius 1 is 0.462 bits per heavy atom. The van der Waals surface area contributed by atoms with E-state index in [1.165, 1.54) is 70.6 Å². The summed E-state index contributed by atoms with van der Waals surface area (Å²) in [5.41, 5.74) is 2.45. The summed E-state index contributed by atoms with van der Waals surface area (Å²) in [6.45, 7) is 5.79. The van der Waals surface area contributed by atoms with Gasteiger partial charge in [0.05, 0.1) is 30.0 Å². The third-order valence-electron chi connectivity index (χ3n) is 8.71. The maximum Gasteiger partial charge on any atom is 0.343 e. The summed E-state index contributed by atoms with van der Waals surface area (Å²) >= 11 is 0. The molecule has 0 saturated carbocycles. The zero-order valence-electron chi connectivity index (χ0n) is 31.0. The van der Waals surface area contributed by atoms with E-state index >= 15 is 0 Å². The minimum atomic E-state index is -0.433. The molecular weight excluding hydrogens is 650 g/mol. The van der Waals surface area contributed by atoms with Crippen LogP contribution in [0.25, 0.3) is 0 Å². The molecule has 7 heteroatoms. The molecule has 4 aromatic carbocycles. The molecule has 0 aliphatic heterocycles. The highest BCUT2D eigenvalue weighted by Gasteiger charge is 2.10. The minimum absolute atomic E-state index is 0.431. The quantitative estimate of drug-likeness (QED) is 0.0312. The lowest BCUT2D eigenvalue weighted by Gasteiger charge is -2.08. The summed E-state index contributed by atoms with van der Waals surface area (Å²) in [5, 5.41) is 0. The van der Waals surface area contributed by atoms with E-state index in [-0.39, 0.29) is 0 Å². The van der Waals surface area contributed by atoms with Crippen molar-refractivity contribution in [3.63, 3.8) is 0 Å². The Balaban J connectivity index is 1.13. The monoisotopic (exact) mass is 705 g/mol. The highest BCUT2D eigenvalue weighted by Crippen LogP contribution is 2.22. The molecule has 0 spiro atoms. The fraction of sp³-hybridized carbons (Fsp3) is 0.400. The zero-order valence-corrected chi connectivity index (χ0v) is 31.0. The van der Waals surface area contributed by atoms with Crippen molar-refractivity contribution in [3.8, 4) is 23.0 Å². The van der Waals surface area contributed by atoms with Crippen LogP contribution in [0.15, 0.2) is 102 Å². The highest BCUT2D eigenvalue weighted by molar-refractivity contribution is 5.92. The number of ether oxygens (including phenoxy) is 4. The van der Waals surface area contributed by atoms with Gasteiger partial charge in [-0.05, 0) is 115 Å². The lowest BCUT2D eigenvalue weighted by molar-refractivity contribution is 0.0725. The first-order valence-electron chi connectivity index (χ1n) is 19.2. The lowest BCUT2D eigenvalue weighted by Crippen LogP contribution is -2.08. The van der Waals surface area contributed by atoms with Gasteiger partial charge in [0.2, 0.25) is 0 Å². The minimum Gasteiger partial charge on any atom is -0.494 e. The van der Waals surface area contributed by atoms with Crippen molar-refractivity contribution >= 4 is 23.8 Å². The van der Waals surface area contributed by atoms with E-state index in [0.717, 1.165) is 36.3 Å². The lowest BCUT2D eigenvalue weighted by atomic mass is 10.1. The Labute approximate surface area is 310 Å². The Hall–Kier alpha value is -4.91. The number of esters is 2. The van der Waals surface area contributed by atoms with Crippen LogP contribution < -0.4 is 18.9 Å². The molecule has 0 unspecified atom stereocenters. The van der Waals surface area contributed by atoms with Crippen LogP contribution in [0.3, 0.4) is 0 Å². The Bertz CT molecular complexity index is 1610. The van der Waals surface area contributed by atoms with E-state index in [1.807, 2.05) is 24.3 Å². The number of unbranched alkanes of at least 4 members (excludes halogenated alkanes) is 12. The van der Waals surface area contributed by atoms with Crippen molar-refractivity contribution < 1.29 is 28.5 Å². The van der Waals surface area contributed by atoms with Crippen molar-refractivity contribution in [2.45, 2.75) is 104 Å². The van der Waals surface area contributed by atoms with E-state index in [2.05, 4.69) is 18.8 Å². The fourth-order valence-corrected chi connectivity index (χ4v) is 5.58. The molecule has 0 bridgehead atoms. The van der Waals surface area contributed by atoms with Gasteiger partial charge in [-0.15, -0.1) is 0 Å². The van der Waals surface area contributed by atoms with Crippen molar-refractivity contribution in [1.29, 1.82) is 0 Å². The zero-order chi connectivity index (χ0) is 36.6. The van der Waals surface area contributed by atoms with Gasteiger partial charge in [0.15, 0.2) is 0 Å². The Kier molecular flexibility index (Phi) is 18.1. The average Bonchev–Trinajstić information content (AvgIpc) is 3.17. The summed E-state index contributed by atoms with van der Waals surface area (Å²) in [6.07, 6.45) is 19.2. The van der Waals surface area contributed by atoms with Crippen molar-refractivity contribution in [3.05, 3.63) is 114 Å². The normalized spacial score (nSPS) is 11.0. The molecule has 0 aromatic heterocycles. The number of benzene rings is 4. The Morgan fingerprint density at radius 3 is 1.27 bits per heavy atom. The van der Waals surface area contributed by atoms with Crippen LogP contribution in [0.1, 0.15) is 130 Å². The van der Waals surface area contributed by atoms with Gasteiger partial charge < -0.3 is 18.9 Å². The van der Waals surface area contributed by atoms with Gasteiger partial charge in [0.1, 0.15) is 23.0 Å². The molecule has 0 fully saturated rings. The number of carbonyl (C=O) groups is 2. The molecule has 0 atom stereocenters. The van der Waals surface area contributed by atoms with Gasteiger partial charge in [-0.2, -0.15) is 0 Å². The van der Waals surface area contributed by atoms with Crippen molar-refractivity contribution in [2.75, 3.05) is 13.2 Å². The number of hydrogen-bond donors (Lipinski definition) is 0. The van der Waals surface area contributed by atoms with Crippen LogP contribution in [0, 0.1) is 0 Å². The van der Waals surface area contributed by atoms with E-state index in [0.29, 0.717) is 41.5 Å². The molecule has 4 rings (SSSR count). The molecule has 0 aliphatic rings. The molecule has 0 aliphatic carbocycles. The van der Waals surface area contributed by atoms with E-state index in [9.17, 15) is 9.59 Å². The highest BCUT2D eigenvalue weighted by atomic mass is 16.5. The summed E-state index contributed by atoms with van der Waals surface area (Å²) in [5.74, 6) is 1.51. The molecule has 52 heavy (non-hydrogen) atoms. The molecular formula is C45H55NO6. The predicted molar refractivity (Wildman–Crippen MR) is 210 cm³/mol. The number of nitrogens with zero attached hydrogens (tertiary/aromatic N) is 1. The third-order valence-corrected chi connectivity index (χ3v) is 8.71. The second-order valence-electron chi connectivity index (χ2n) is 13.1. The molecule has 4 aromatic rings. The van der Waals surface area contributed by atoms with Crippen LogP contribution in [0.2, 0.25) is 0 Å². The van der Waals surface area contributed by atoms with Crippen LogP contribution in [-0.2, 0) is 0 Å². The van der Waals surface area contributed by atoms with Crippen LogP contribution in [0.5, 0.6) is 23.0 Å². The van der Waals surface area contributed by atoms with E-state index in [1.54, 1.807) is 79.0 Å².